The van der Waals surface area contributed by atoms with Crippen LogP contribution in [0.5, 0.6) is 5.75 Å². The summed E-state index contributed by atoms with van der Waals surface area (Å²) in [4.78, 5) is 4.39. The molecular formula is C12H14FNO2. The van der Waals surface area contributed by atoms with E-state index in [1.54, 1.807) is 12.1 Å². The summed E-state index contributed by atoms with van der Waals surface area (Å²) in [7, 11) is 1.43. The van der Waals surface area contributed by atoms with Crippen LogP contribution in [0.15, 0.2) is 23.2 Å². The molecule has 3 nitrogen and oxygen atoms in total. The molecule has 0 aliphatic carbocycles. The fourth-order valence-corrected chi connectivity index (χ4v) is 1.61. The van der Waals surface area contributed by atoms with Gasteiger partial charge in [-0.05, 0) is 26.0 Å². The Morgan fingerprint density at radius 2 is 2.19 bits per heavy atom. The van der Waals surface area contributed by atoms with Crippen molar-refractivity contribution in [3.8, 4) is 5.75 Å². The maximum Gasteiger partial charge on any atom is 0.220 e. The predicted molar refractivity (Wildman–Crippen MR) is 59.5 cm³/mol. The summed E-state index contributed by atoms with van der Waals surface area (Å²) in [6, 6.07) is 4.70. The van der Waals surface area contributed by atoms with E-state index >= 15 is 0 Å². The molecule has 0 aromatic heterocycles. The van der Waals surface area contributed by atoms with Crippen LogP contribution in [-0.4, -0.2) is 25.2 Å². The maximum atomic E-state index is 13.5. The van der Waals surface area contributed by atoms with Gasteiger partial charge in [-0.1, -0.05) is 6.07 Å². The molecule has 0 atom stereocenters. The van der Waals surface area contributed by atoms with Gasteiger partial charge in [-0.15, -0.1) is 0 Å². The first-order valence-electron chi connectivity index (χ1n) is 5.09. The molecule has 0 spiro atoms. The molecule has 1 aliphatic rings. The number of methoxy groups -OCH3 is 1. The molecule has 2 rings (SSSR count). The second kappa shape index (κ2) is 3.77. The van der Waals surface area contributed by atoms with Gasteiger partial charge in [0.25, 0.3) is 0 Å². The minimum absolute atomic E-state index is 0.180. The van der Waals surface area contributed by atoms with E-state index in [0.717, 1.165) is 0 Å². The molecular weight excluding hydrogens is 209 g/mol. The van der Waals surface area contributed by atoms with Gasteiger partial charge in [-0.3, -0.25) is 0 Å². The minimum Gasteiger partial charge on any atom is -0.493 e. The lowest BCUT2D eigenvalue weighted by Gasteiger charge is -2.08. The van der Waals surface area contributed by atoms with Crippen molar-refractivity contribution in [3.63, 3.8) is 0 Å². The number of rotatable bonds is 2. The normalized spacial score (nSPS) is 17.9. The minimum atomic E-state index is -0.406. The first kappa shape index (κ1) is 10.9. The highest BCUT2D eigenvalue weighted by molar-refractivity contribution is 5.98. The van der Waals surface area contributed by atoms with Crippen molar-refractivity contribution < 1.29 is 13.9 Å². The summed E-state index contributed by atoms with van der Waals surface area (Å²) < 4.78 is 23.9. The van der Waals surface area contributed by atoms with Gasteiger partial charge >= 0.3 is 0 Å². The smallest absolute Gasteiger partial charge is 0.220 e. The topological polar surface area (TPSA) is 30.8 Å². The summed E-state index contributed by atoms with van der Waals surface area (Å²) in [5.74, 6) is 0.219. The van der Waals surface area contributed by atoms with Crippen LogP contribution in [0.25, 0.3) is 0 Å². The third kappa shape index (κ3) is 1.87. The van der Waals surface area contributed by atoms with E-state index in [0.29, 0.717) is 18.1 Å². The molecule has 0 radical (unpaired) electrons. The van der Waals surface area contributed by atoms with E-state index in [-0.39, 0.29) is 11.3 Å². The average molecular weight is 223 g/mol. The standard InChI is InChI=1S/C12H14FNO2/c1-12(2)7-16-11(14-12)8-5-4-6-9(13)10(8)15-3/h4-6H,7H2,1-3H3. The van der Waals surface area contributed by atoms with Crippen molar-refractivity contribution in [1.29, 1.82) is 0 Å². The lowest BCUT2D eigenvalue weighted by Crippen LogP contribution is -2.17. The highest BCUT2D eigenvalue weighted by Gasteiger charge is 2.29. The molecule has 1 heterocycles. The third-order valence-corrected chi connectivity index (χ3v) is 2.37. The molecule has 0 N–H and O–H groups in total. The van der Waals surface area contributed by atoms with Gasteiger partial charge in [-0.25, -0.2) is 9.38 Å². The Bertz CT molecular complexity index is 441. The van der Waals surface area contributed by atoms with Gasteiger partial charge in [-0.2, -0.15) is 0 Å². The second-order valence-corrected chi connectivity index (χ2v) is 4.34. The number of nitrogens with zero attached hydrogens (tertiary/aromatic N) is 1. The Morgan fingerprint density at radius 3 is 2.75 bits per heavy atom. The van der Waals surface area contributed by atoms with E-state index in [9.17, 15) is 4.39 Å². The summed E-state index contributed by atoms with van der Waals surface area (Å²) >= 11 is 0. The van der Waals surface area contributed by atoms with Gasteiger partial charge in [0.15, 0.2) is 11.6 Å². The quantitative estimate of drug-likeness (QED) is 0.770. The van der Waals surface area contributed by atoms with Crippen LogP contribution in [0.2, 0.25) is 0 Å². The van der Waals surface area contributed by atoms with Gasteiger partial charge in [0.1, 0.15) is 6.61 Å². The summed E-state index contributed by atoms with van der Waals surface area (Å²) in [5.41, 5.74) is 0.306. The Hall–Kier alpha value is -1.58. The Kier molecular flexibility index (Phi) is 2.58. The molecule has 86 valence electrons. The molecule has 0 amide bonds. The molecule has 0 fully saturated rings. The first-order chi connectivity index (χ1) is 7.53. The lowest BCUT2D eigenvalue weighted by molar-refractivity contribution is 0.278. The fourth-order valence-electron chi connectivity index (χ4n) is 1.61. The van der Waals surface area contributed by atoms with Crippen molar-refractivity contribution in [2.24, 2.45) is 4.99 Å². The van der Waals surface area contributed by atoms with Crippen molar-refractivity contribution in [2.45, 2.75) is 19.4 Å². The van der Waals surface area contributed by atoms with Crippen LogP contribution in [0.3, 0.4) is 0 Å². The molecule has 1 aromatic carbocycles. The van der Waals surface area contributed by atoms with Crippen molar-refractivity contribution in [2.75, 3.05) is 13.7 Å². The van der Waals surface area contributed by atoms with E-state index < -0.39 is 5.82 Å². The number of ether oxygens (including phenoxy) is 2. The number of para-hydroxylation sites is 1. The fraction of sp³-hybridized carbons (Fsp3) is 0.417. The van der Waals surface area contributed by atoms with Crippen molar-refractivity contribution in [3.05, 3.63) is 29.6 Å². The molecule has 16 heavy (non-hydrogen) atoms. The predicted octanol–water partition coefficient (Wildman–Crippen LogP) is 2.39. The molecule has 1 aromatic rings. The Labute approximate surface area is 93.9 Å². The summed E-state index contributed by atoms with van der Waals surface area (Å²) in [6.45, 7) is 4.43. The van der Waals surface area contributed by atoms with Gasteiger partial charge in [0.2, 0.25) is 5.90 Å². The molecule has 4 heteroatoms. The van der Waals surface area contributed by atoms with Gasteiger partial charge in [0.05, 0.1) is 18.2 Å². The number of benzene rings is 1. The molecule has 0 saturated carbocycles. The lowest BCUT2D eigenvalue weighted by atomic mass is 10.1. The van der Waals surface area contributed by atoms with Crippen molar-refractivity contribution in [1.82, 2.24) is 0 Å². The summed E-state index contributed by atoms with van der Waals surface area (Å²) in [6.07, 6.45) is 0. The van der Waals surface area contributed by atoms with E-state index in [1.165, 1.54) is 13.2 Å². The molecule has 0 unspecified atom stereocenters. The Balaban J connectivity index is 2.46. The van der Waals surface area contributed by atoms with E-state index in [1.807, 2.05) is 13.8 Å². The maximum absolute atomic E-state index is 13.5. The van der Waals surface area contributed by atoms with Gasteiger partial charge in [0, 0.05) is 0 Å². The zero-order valence-corrected chi connectivity index (χ0v) is 9.58. The number of hydrogen-bond donors (Lipinski definition) is 0. The molecule has 0 saturated heterocycles. The second-order valence-electron chi connectivity index (χ2n) is 4.34. The third-order valence-electron chi connectivity index (χ3n) is 2.37. The zero-order chi connectivity index (χ0) is 11.8. The highest BCUT2D eigenvalue weighted by atomic mass is 19.1. The monoisotopic (exact) mass is 223 g/mol. The highest BCUT2D eigenvalue weighted by Crippen LogP contribution is 2.28. The largest absolute Gasteiger partial charge is 0.493 e. The SMILES string of the molecule is COc1c(F)cccc1C1=NC(C)(C)CO1. The van der Waals surface area contributed by atoms with Crippen LogP contribution in [0, 0.1) is 5.82 Å². The van der Waals surface area contributed by atoms with Gasteiger partial charge < -0.3 is 9.47 Å². The van der Waals surface area contributed by atoms with Crippen LogP contribution < -0.4 is 4.74 Å². The average Bonchev–Trinajstić information content (AvgIpc) is 2.58. The van der Waals surface area contributed by atoms with Crippen LogP contribution in [0.1, 0.15) is 19.4 Å². The molecule has 1 aliphatic heterocycles. The van der Waals surface area contributed by atoms with Crippen LogP contribution in [-0.2, 0) is 4.74 Å². The molecule has 0 bridgehead atoms. The van der Waals surface area contributed by atoms with Crippen LogP contribution >= 0.6 is 0 Å². The zero-order valence-electron chi connectivity index (χ0n) is 9.58. The van der Waals surface area contributed by atoms with Crippen LogP contribution in [0.4, 0.5) is 4.39 Å². The summed E-state index contributed by atoms with van der Waals surface area (Å²) in [5, 5.41) is 0. The van der Waals surface area contributed by atoms with Crippen molar-refractivity contribution >= 4 is 5.90 Å². The number of aliphatic imine (C=N–C) groups is 1. The van der Waals surface area contributed by atoms with E-state index in [4.69, 9.17) is 9.47 Å². The Morgan fingerprint density at radius 1 is 1.44 bits per heavy atom. The number of hydrogen-bond acceptors (Lipinski definition) is 3. The first-order valence-corrected chi connectivity index (χ1v) is 5.09. The number of halogens is 1. The van der Waals surface area contributed by atoms with E-state index in [2.05, 4.69) is 4.99 Å².